The van der Waals surface area contributed by atoms with Crippen LogP contribution < -0.4 is 15.0 Å². The molecule has 224 valence electrons. The van der Waals surface area contributed by atoms with Crippen LogP contribution in [-0.2, 0) is 4.79 Å². The number of carbonyl (C=O) groups is 2. The number of rotatable bonds is 11. The van der Waals surface area contributed by atoms with Gasteiger partial charge in [-0.1, -0.05) is 43.6 Å². The van der Waals surface area contributed by atoms with Gasteiger partial charge in [0.1, 0.15) is 12.3 Å². The van der Waals surface area contributed by atoms with E-state index in [2.05, 4.69) is 39.2 Å². The van der Waals surface area contributed by atoms with Gasteiger partial charge in [0.15, 0.2) is 5.82 Å². The Morgan fingerprint density at radius 2 is 1.76 bits per heavy atom. The minimum Gasteiger partial charge on any atom is -0.497 e. The molecule has 1 aromatic heterocycles. The first-order chi connectivity index (χ1) is 20.4. The number of nitrogens with one attached hydrogen (secondary N) is 1. The summed E-state index contributed by atoms with van der Waals surface area (Å²) < 4.78 is 5.32. The molecule has 42 heavy (non-hydrogen) atoms. The van der Waals surface area contributed by atoms with Gasteiger partial charge in [-0.25, -0.2) is 4.79 Å². The Morgan fingerprint density at radius 3 is 2.48 bits per heavy atom. The standard InChI is InChI=1S/C31H40ClN7O3/c1-4-36(5-2)17-18-39(31(41)33-26-11-7-10-25(32)22-26)23-30(40)38-16-8-15-37(19-20-38)29-14-13-28(34-35-29)24-9-6-12-27(21-24)42-3/h6-7,9-14,21-22H,4-5,8,15-20,23H2,1-3H3,(H,33,41). The molecule has 2 heterocycles. The fourth-order valence-electron chi connectivity index (χ4n) is 4.91. The van der Waals surface area contributed by atoms with Crippen LogP contribution >= 0.6 is 11.6 Å². The predicted molar refractivity (Wildman–Crippen MR) is 167 cm³/mol. The second-order valence-corrected chi connectivity index (χ2v) is 10.6. The van der Waals surface area contributed by atoms with Gasteiger partial charge in [0.25, 0.3) is 0 Å². The van der Waals surface area contributed by atoms with Gasteiger partial charge in [-0.2, -0.15) is 0 Å². The summed E-state index contributed by atoms with van der Waals surface area (Å²) >= 11 is 6.10. The molecule has 2 aromatic carbocycles. The molecule has 1 saturated heterocycles. The summed E-state index contributed by atoms with van der Waals surface area (Å²) in [4.78, 5) is 34.5. The van der Waals surface area contributed by atoms with Crippen LogP contribution in [0.1, 0.15) is 20.3 Å². The fraction of sp³-hybridized carbons (Fsp3) is 0.419. The van der Waals surface area contributed by atoms with Crippen LogP contribution in [0.4, 0.5) is 16.3 Å². The van der Waals surface area contributed by atoms with Crippen LogP contribution in [0, 0.1) is 0 Å². The molecule has 3 aromatic rings. The summed E-state index contributed by atoms with van der Waals surface area (Å²) in [7, 11) is 1.64. The second-order valence-electron chi connectivity index (χ2n) is 10.1. The molecule has 1 aliphatic rings. The highest BCUT2D eigenvalue weighted by Gasteiger charge is 2.24. The van der Waals surface area contributed by atoms with E-state index in [-0.39, 0.29) is 18.5 Å². The van der Waals surface area contributed by atoms with Crippen molar-refractivity contribution in [3.8, 4) is 17.0 Å². The van der Waals surface area contributed by atoms with Gasteiger partial charge >= 0.3 is 6.03 Å². The Kier molecular flexibility index (Phi) is 11.4. The van der Waals surface area contributed by atoms with Crippen LogP contribution in [0.15, 0.2) is 60.7 Å². The van der Waals surface area contributed by atoms with Crippen LogP contribution in [0.25, 0.3) is 11.3 Å². The Labute approximate surface area is 253 Å². The molecule has 0 aliphatic carbocycles. The molecule has 11 heteroatoms. The summed E-state index contributed by atoms with van der Waals surface area (Å²) in [5.74, 6) is 1.47. The summed E-state index contributed by atoms with van der Waals surface area (Å²) in [5, 5.41) is 12.3. The minimum absolute atomic E-state index is 0.00269. The second kappa shape index (κ2) is 15.4. The fourth-order valence-corrected chi connectivity index (χ4v) is 5.10. The molecule has 0 unspecified atom stereocenters. The van der Waals surface area contributed by atoms with Crippen molar-refractivity contribution in [2.24, 2.45) is 0 Å². The van der Waals surface area contributed by atoms with E-state index in [4.69, 9.17) is 16.3 Å². The molecular weight excluding hydrogens is 554 g/mol. The van der Waals surface area contributed by atoms with Gasteiger partial charge in [0, 0.05) is 55.5 Å². The number of methoxy groups -OCH3 is 1. The molecule has 0 spiro atoms. The lowest BCUT2D eigenvalue weighted by atomic mass is 10.1. The number of carbonyl (C=O) groups excluding carboxylic acids is 2. The molecule has 4 rings (SSSR count). The topological polar surface area (TPSA) is 94.1 Å². The molecular formula is C31H40ClN7O3. The van der Waals surface area contributed by atoms with Crippen molar-refractivity contribution in [2.45, 2.75) is 20.3 Å². The normalized spacial score (nSPS) is 13.5. The molecule has 1 fully saturated rings. The average Bonchev–Trinajstić information content (AvgIpc) is 3.27. The lowest BCUT2D eigenvalue weighted by Crippen LogP contribution is -2.47. The van der Waals surface area contributed by atoms with Gasteiger partial charge in [-0.3, -0.25) is 4.79 Å². The number of aromatic nitrogens is 2. The molecule has 1 N–H and O–H groups in total. The van der Waals surface area contributed by atoms with E-state index in [1.165, 1.54) is 0 Å². The van der Waals surface area contributed by atoms with Crippen molar-refractivity contribution in [1.29, 1.82) is 0 Å². The Morgan fingerprint density at radius 1 is 0.952 bits per heavy atom. The number of likely N-dealkylation sites (N-methyl/N-ethyl adjacent to an activating group) is 1. The van der Waals surface area contributed by atoms with Crippen LogP contribution in [-0.4, -0.2) is 103 Å². The summed E-state index contributed by atoms with van der Waals surface area (Å²) in [6.07, 6.45) is 0.791. The molecule has 3 amide bonds. The van der Waals surface area contributed by atoms with Crippen molar-refractivity contribution in [1.82, 2.24) is 24.9 Å². The van der Waals surface area contributed by atoms with Crippen molar-refractivity contribution in [2.75, 3.05) is 76.2 Å². The monoisotopic (exact) mass is 593 g/mol. The number of ether oxygens (including phenoxy) is 1. The maximum absolute atomic E-state index is 13.5. The van der Waals surface area contributed by atoms with Gasteiger partial charge in [0.2, 0.25) is 5.91 Å². The molecule has 0 saturated carbocycles. The Bertz CT molecular complexity index is 1320. The van der Waals surface area contributed by atoms with E-state index in [0.29, 0.717) is 43.4 Å². The molecule has 0 radical (unpaired) electrons. The third-order valence-corrected chi connectivity index (χ3v) is 7.69. The van der Waals surface area contributed by atoms with Crippen molar-refractivity contribution in [3.05, 3.63) is 65.7 Å². The lowest BCUT2D eigenvalue weighted by Gasteiger charge is -2.29. The first-order valence-corrected chi connectivity index (χ1v) is 14.8. The van der Waals surface area contributed by atoms with Gasteiger partial charge in [0.05, 0.1) is 12.8 Å². The quantitative estimate of drug-likeness (QED) is 0.344. The zero-order chi connectivity index (χ0) is 29.9. The summed E-state index contributed by atoms with van der Waals surface area (Å²) in [6, 6.07) is 18.3. The maximum atomic E-state index is 13.5. The number of urea groups is 1. The number of nitrogens with zero attached hydrogens (tertiary/aromatic N) is 6. The van der Waals surface area contributed by atoms with Crippen LogP contribution in [0.5, 0.6) is 5.75 Å². The number of halogens is 1. The summed E-state index contributed by atoms with van der Waals surface area (Å²) in [6.45, 7) is 9.60. The number of amides is 3. The van der Waals surface area contributed by atoms with Gasteiger partial charge < -0.3 is 29.7 Å². The Hall–Kier alpha value is -3.89. The minimum atomic E-state index is -0.319. The molecule has 0 atom stereocenters. The van der Waals surface area contributed by atoms with Crippen molar-refractivity contribution >= 4 is 35.0 Å². The number of anilines is 2. The third-order valence-electron chi connectivity index (χ3n) is 7.46. The first kappa shape index (κ1) is 31.1. The number of benzene rings is 2. The molecule has 0 bridgehead atoms. The van der Waals surface area contributed by atoms with E-state index in [1.807, 2.05) is 41.3 Å². The van der Waals surface area contributed by atoms with E-state index in [1.54, 1.807) is 36.3 Å². The predicted octanol–water partition coefficient (Wildman–Crippen LogP) is 4.72. The van der Waals surface area contributed by atoms with Crippen LogP contribution in [0.3, 0.4) is 0 Å². The van der Waals surface area contributed by atoms with E-state index in [9.17, 15) is 9.59 Å². The van der Waals surface area contributed by atoms with Crippen molar-refractivity contribution in [3.63, 3.8) is 0 Å². The molecule has 1 aliphatic heterocycles. The number of hydrogen-bond donors (Lipinski definition) is 1. The maximum Gasteiger partial charge on any atom is 0.322 e. The lowest BCUT2D eigenvalue weighted by molar-refractivity contribution is -0.131. The molecule has 10 nitrogen and oxygen atoms in total. The van der Waals surface area contributed by atoms with Gasteiger partial charge in [-0.05, 0) is 62.0 Å². The zero-order valence-electron chi connectivity index (χ0n) is 24.6. The SMILES string of the molecule is CCN(CC)CCN(CC(=O)N1CCCN(c2ccc(-c3cccc(OC)c3)nn2)CC1)C(=O)Nc1cccc(Cl)c1. The Balaban J connectivity index is 1.38. The van der Waals surface area contributed by atoms with E-state index >= 15 is 0 Å². The highest BCUT2D eigenvalue weighted by Crippen LogP contribution is 2.23. The average molecular weight is 594 g/mol. The van der Waals surface area contributed by atoms with Gasteiger partial charge in [-0.15, -0.1) is 10.2 Å². The summed E-state index contributed by atoms with van der Waals surface area (Å²) in [5.41, 5.74) is 2.30. The first-order valence-electron chi connectivity index (χ1n) is 14.4. The van der Waals surface area contributed by atoms with E-state index < -0.39 is 0 Å². The largest absolute Gasteiger partial charge is 0.497 e. The number of hydrogen-bond acceptors (Lipinski definition) is 7. The van der Waals surface area contributed by atoms with Crippen LogP contribution in [0.2, 0.25) is 5.02 Å². The highest BCUT2D eigenvalue weighted by molar-refractivity contribution is 6.30. The van der Waals surface area contributed by atoms with E-state index in [0.717, 1.165) is 48.9 Å². The zero-order valence-corrected chi connectivity index (χ0v) is 25.4. The third kappa shape index (κ3) is 8.56. The smallest absolute Gasteiger partial charge is 0.322 e. The highest BCUT2D eigenvalue weighted by atomic mass is 35.5. The van der Waals surface area contributed by atoms with Crippen molar-refractivity contribution < 1.29 is 14.3 Å².